The molecular formula is C11H8N2O2. The number of carbonyl (C=O) groups is 1. The Morgan fingerprint density at radius 2 is 2.07 bits per heavy atom. The Kier molecular flexibility index (Phi) is 3.88. The van der Waals surface area contributed by atoms with Crippen LogP contribution in [0, 0.1) is 22.7 Å². The highest BCUT2D eigenvalue weighted by molar-refractivity contribution is 5.81. The van der Waals surface area contributed by atoms with Crippen molar-refractivity contribution in [3.05, 3.63) is 29.8 Å². The van der Waals surface area contributed by atoms with Gasteiger partial charge in [0.15, 0.2) is 5.78 Å². The summed E-state index contributed by atoms with van der Waals surface area (Å²) in [7, 11) is 0. The van der Waals surface area contributed by atoms with Crippen LogP contribution in [-0.2, 0) is 4.79 Å². The molecule has 0 saturated heterocycles. The van der Waals surface area contributed by atoms with Gasteiger partial charge in [0.25, 0.3) is 0 Å². The zero-order chi connectivity index (χ0) is 11.1. The summed E-state index contributed by atoms with van der Waals surface area (Å²) in [5.41, 5.74) is 0.377. The van der Waals surface area contributed by atoms with Gasteiger partial charge >= 0.3 is 0 Å². The fourth-order valence-electron chi connectivity index (χ4n) is 0.982. The van der Waals surface area contributed by atoms with Crippen LogP contribution in [0.15, 0.2) is 24.3 Å². The minimum atomic E-state index is -0.301. The van der Waals surface area contributed by atoms with Crippen LogP contribution in [0.25, 0.3) is 0 Å². The molecule has 1 aromatic carbocycles. The maximum atomic E-state index is 11.0. The number of hydrogen-bond acceptors (Lipinski definition) is 4. The van der Waals surface area contributed by atoms with Gasteiger partial charge in [-0.15, -0.1) is 0 Å². The molecule has 0 unspecified atom stereocenters. The van der Waals surface area contributed by atoms with E-state index in [0.717, 1.165) is 0 Å². The van der Waals surface area contributed by atoms with Gasteiger partial charge < -0.3 is 4.74 Å². The smallest absolute Gasteiger partial charge is 0.184 e. The summed E-state index contributed by atoms with van der Waals surface area (Å²) >= 11 is 0. The van der Waals surface area contributed by atoms with Crippen LogP contribution in [0.4, 0.5) is 0 Å². The molecule has 0 saturated carbocycles. The van der Waals surface area contributed by atoms with E-state index in [-0.39, 0.29) is 18.8 Å². The second kappa shape index (κ2) is 5.41. The highest BCUT2D eigenvalue weighted by atomic mass is 16.5. The predicted molar refractivity (Wildman–Crippen MR) is 51.9 cm³/mol. The van der Waals surface area contributed by atoms with Gasteiger partial charge in [0.2, 0.25) is 0 Å². The van der Waals surface area contributed by atoms with Crippen LogP contribution in [0.3, 0.4) is 0 Å². The first-order valence-corrected chi connectivity index (χ1v) is 4.28. The first-order chi connectivity index (χ1) is 7.27. The maximum Gasteiger partial charge on any atom is 0.184 e. The summed E-state index contributed by atoms with van der Waals surface area (Å²) in [6, 6.07) is 10.3. The zero-order valence-corrected chi connectivity index (χ0v) is 7.93. The molecule has 0 bridgehead atoms. The molecule has 0 heterocycles. The summed E-state index contributed by atoms with van der Waals surface area (Å²) in [6.45, 7) is -0.174. The van der Waals surface area contributed by atoms with E-state index in [1.165, 1.54) is 0 Å². The Labute approximate surface area is 87.3 Å². The minimum Gasteiger partial charge on any atom is -0.484 e. The Balaban J connectivity index is 2.63. The monoisotopic (exact) mass is 200 g/mol. The van der Waals surface area contributed by atoms with Gasteiger partial charge in [-0.2, -0.15) is 10.5 Å². The molecule has 0 aliphatic heterocycles. The number of ether oxygens (including phenoxy) is 1. The van der Waals surface area contributed by atoms with Crippen molar-refractivity contribution in [1.29, 1.82) is 10.5 Å². The van der Waals surface area contributed by atoms with Crippen LogP contribution >= 0.6 is 0 Å². The molecule has 0 aliphatic carbocycles. The van der Waals surface area contributed by atoms with Crippen LogP contribution in [0.1, 0.15) is 12.0 Å². The van der Waals surface area contributed by atoms with Crippen LogP contribution in [0.2, 0.25) is 0 Å². The molecule has 15 heavy (non-hydrogen) atoms. The van der Waals surface area contributed by atoms with Gasteiger partial charge in [-0.05, 0) is 12.1 Å². The highest BCUT2D eigenvalue weighted by Crippen LogP contribution is 2.16. The number of benzene rings is 1. The first-order valence-electron chi connectivity index (χ1n) is 4.28. The third-order valence-electron chi connectivity index (χ3n) is 1.67. The van der Waals surface area contributed by atoms with E-state index < -0.39 is 0 Å². The van der Waals surface area contributed by atoms with E-state index in [1.54, 1.807) is 30.3 Å². The SMILES string of the molecule is N#CCC(=O)COc1ccccc1C#N. The lowest BCUT2D eigenvalue weighted by atomic mass is 10.2. The molecule has 0 aromatic heterocycles. The lowest BCUT2D eigenvalue weighted by molar-refractivity contribution is -0.120. The average Bonchev–Trinajstić information content (AvgIpc) is 2.27. The molecule has 4 nitrogen and oxygen atoms in total. The third kappa shape index (κ3) is 3.13. The summed E-state index contributed by atoms with van der Waals surface area (Å²) < 4.78 is 5.12. The fourth-order valence-corrected chi connectivity index (χ4v) is 0.982. The second-order valence-electron chi connectivity index (χ2n) is 2.77. The Bertz CT molecular complexity index is 441. The van der Waals surface area contributed by atoms with Gasteiger partial charge in [-0.3, -0.25) is 4.79 Å². The van der Waals surface area contributed by atoms with Crippen molar-refractivity contribution in [2.24, 2.45) is 0 Å². The molecule has 0 radical (unpaired) electrons. The number of Topliss-reactive ketones (excluding diaryl/α,β-unsaturated/α-hetero) is 1. The van der Waals surface area contributed by atoms with E-state index in [0.29, 0.717) is 11.3 Å². The molecule has 0 atom stereocenters. The summed E-state index contributed by atoms with van der Waals surface area (Å²) in [5, 5.41) is 17.0. The molecule has 0 N–H and O–H groups in total. The first kappa shape index (κ1) is 10.7. The Morgan fingerprint density at radius 3 is 2.73 bits per heavy atom. The Hall–Kier alpha value is -2.33. The van der Waals surface area contributed by atoms with Crippen molar-refractivity contribution in [1.82, 2.24) is 0 Å². The van der Waals surface area contributed by atoms with E-state index in [4.69, 9.17) is 15.3 Å². The summed E-state index contributed by atoms with van der Waals surface area (Å²) in [4.78, 5) is 11.0. The van der Waals surface area contributed by atoms with Gasteiger partial charge in [0.1, 0.15) is 18.4 Å². The standard InChI is InChI=1S/C11H8N2O2/c12-6-5-10(14)8-15-11-4-2-1-3-9(11)7-13/h1-4H,5,8H2. The number of para-hydroxylation sites is 1. The topological polar surface area (TPSA) is 73.9 Å². The minimum absolute atomic E-state index is 0.172. The molecule has 1 aromatic rings. The summed E-state index contributed by atoms with van der Waals surface area (Å²) in [5.74, 6) is 0.0662. The van der Waals surface area contributed by atoms with Gasteiger partial charge in [-0.1, -0.05) is 12.1 Å². The summed E-state index contributed by atoms with van der Waals surface area (Å²) in [6.07, 6.45) is -0.172. The van der Waals surface area contributed by atoms with Crippen molar-refractivity contribution in [2.75, 3.05) is 6.61 Å². The second-order valence-corrected chi connectivity index (χ2v) is 2.77. The van der Waals surface area contributed by atoms with Crippen molar-refractivity contribution in [3.63, 3.8) is 0 Å². The molecular weight excluding hydrogens is 192 g/mol. The molecule has 4 heteroatoms. The van der Waals surface area contributed by atoms with Crippen molar-refractivity contribution in [2.45, 2.75) is 6.42 Å². The highest BCUT2D eigenvalue weighted by Gasteiger charge is 2.05. The number of nitriles is 2. The van der Waals surface area contributed by atoms with E-state index >= 15 is 0 Å². The molecule has 0 spiro atoms. The Morgan fingerprint density at radius 1 is 1.33 bits per heavy atom. The van der Waals surface area contributed by atoms with E-state index in [1.807, 2.05) is 6.07 Å². The third-order valence-corrected chi connectivity index (χ3v) is 1.67. The van der Waals surface area contributed by atoms with Crippen LogP contribution < -0.4 is 4.74 Å². The number of hydrogen-bond donors (Lipinski definition) is 0. The lowest BCUT2D eigenvalue weighted by Gasteiger charge is -2.04. The van der Waals surface area contributed by atoms with Crippen LogP contribution in [-0.4, -0.2) is 12.4 Å². The van der Waals surface area contributed by atoms with Crippen LogP contribution in [0.5, 0.6) is 5.75 Å². The fraction of sp³-hybridized carbons (Fsp3) is 0.182. The molecule has 0 fully saturated rings. The maximum absolute atomic E-state index is 11.0. The van der Waals surface area contributed by atoms with Gasteiger partial charge in [-0.25, -0.2) is 0 Å². The number of carbonyl (C=O) groups excluding carboxylic acids is 1. The molecule has 1 rings (SSSR count). The van der Waals surface area contributed by atoms with E-state index in [2.05, 4.69) is 0 Å². The zero-order valence-electron chi connectivity index (χ0n) is 7.93. The number of rotatable bonds is 4. The molecule has 0 amide bonds. The van der Waals surface area contributed by atoms with Gasteiger partial charge in [0, 0.05) is 0 Å². The quantitative estimate of drug-likeness (QED) is 0.736. The predicted octanol–water partition coefficient (Wildman–Crippen LogP) is 1.42. The largest absolute Gasteiger partial charge is 0.484 e. The van der Waals surface area contributed by atoms with Crippen molar-refractivity contribution < 1.29 is 9.53 Å². The molecule has 74 valence electrons. The average molecular weight is 200 g/mol. The molecule has 0 aliphatic rings. The lowest BCUT2D eigenvalue weighted by Crippen LogP contribution is -2.10. The normalized spacial score (nSPS) is 8.67. The number of ketones is 1. The van der Waals surface area contributed by atoms with Gasteiger partial charge in [0.05, 0.1) is 18.1 Å². The van der Waals surface area contributed by atoms with Crippen molar-refractivity contribution >= 4 is 5.78 Å². The number of nitrogens with zero attached hydrogens (tertiary/aromatic N) is 2. The van der Waals surface area contributed by atoms with Crippen molar-refractivity contribution in [3.8, 4) is 17.9 Å². The van der Waals surface area contributed by atoms with E-state index in [9.17, 15) is 4.79 Å².